The first-order valence-electron chi connectivity index (χ1n) is 5.50. The minimum absolute atomic E-state index is 0.705. The first-order chi connectivity index (χ1) is 7.08. The van der Waals surface area contributed by atoms with E-state index in [2.05, 4.69) is 48.6 Å². The molecule has 0 N–H and O–H groups in total. The maximum atomic E-state index is 4.50. The molecule has 2 rings (SSSR count). The summed E-state index contributed by atoms with van der Waals surface area (Å²) < 4.78 is 2.15. The van der Waals surface area contributed by atoms with Gasteiger partial charge < -0.3 is 4.57 Å². The van der Waals surface area contributed by atoms with Gasteiger partial charge in [-0.3, -0.25) is 0 Å². The predicted molar refractivity (Wildman–Crippen MR) is 64.0 cm³/mol. The van der Waals surface area contributed by atoms with Crippen LogP contribution in [0.15, 0.2) is 18.2 Å². The number of benzene rings is 1. The molecule has 1 aromatic heterocycles. The highest BCUT2D eigenvalue weighted by atomic mass is 15.0. The molecule has 0 aliphatic rings. The lowest BCUT2D eigenvalue weighted by Gasteiger charge is -2.05. The van der Waals surface area contributed by atoms with Gasteiger partial charge in [-0.15, -0.1) is 0 Å². The van der Waals surface area contributed by atoms with Gasteiger partial charge in [-0.25, -0.2) is 4.98 Å². The number of rotatable bonds is 2. The second-order valence-electron chi connectivity index (χ2n) is 4.64. The van der Waals surface area contributed by atoms with E-state index in [9.17, 15) is 0 Å². The highest BCUT2D eigenvalue weighted by Gasteiger charge is 2.05. The van der Waals surface area contributed by atoms with Crippen LogP contribution < -0.4 is 0 Å². The Morgan fingerprint density at radius 2 is 2.07 bits per heavy atom. The maximum absolute atomic E-state index is 4.50. The zero-order chi connectivity index (χ0) is 11.0. The molecule has 1 heterocycles. The minimum atomic E-state index is 0.705. The minimum Gasteiger partial charge on any atom is -0.331 e. The summed E-state index contributed by atoms with van der Waals surface area (Å²) in [5.74, 6) is 1.78. The zero-order valence-corrected chi connectivity index (χ0v) is 9.91. The molecule has 0 saturated heterocycles. The van der Waals surface area contributed by atoms with E-state index >= 15 is 0 Å². The van der Waals surface area contributed by atoms with Crippen LogP contribution in [0.1, 0.15) is 25.2 Å². The molecule has 1 aromatic carbocycles. The summed E-state index contributed by atoms with van der Waals surface area (Å²) in [4.78, 5) is 4.50. The van der Waals surface area contributed by atoms with Crippen LogP contribution >= 0.6 is 0 Å². The van der Waals surface area contributed by atoms with Crippen molar-refractivity contribution in [2.75, 3.05) is 0 Å². The van der Waals surface area contributed by atoms with Gasteiger partial charge in [-0.05, 0) is 37.0 Å². The van der Waals surface area contributed by atoms with Gasteiger partial charge in [-0.2, -0.15) is 0 Å². The topological polar surface area (TPSA) is 17.8 Å². The first-order valence-corrected chi connectivity index (χ1v) is 5.50. The molecule has 0 aliphatic carbocycles. The summed E-state index contributed by atoms with van der Waals surface area (Å²) >= 11 is 0. The Morgan fingerprint density at radius 3 is 2.73 bits per heavy atom. The van der Waals surface area contributed by atoms with Gasteiger partial charge >= 0.3 is 0 Å². The van der Waals surface area contributed by atoms with Crippen molar-refractivity contribution >= 4 is 11.0 Å². The molecule has 0 spiro atoms. The van der Waals surface area contributed by atoms with E-state index in [0.717, 1.165) is 17.8 Å². The molecular weight excluding hydrogens is 184 g/mol. The van der Waals surface area contributed by atoms with Crippen molar-refractivity contribution in [1.29, 1.82) is 0 Å². The van der Waals surface area contributed by atoms with Gasteiger partial charge in [0.15, 0.2) is 0 Å². The third-order valence-corrected chi connectivity index (χ3v) is 2.81. The Morgan fingerprint density at radius 1 is 1.33 bits per heavy atom. The third-order valence-electron chi connectivity index (χ3n) is 2.81. The monoisotopic (exact) mass is 202 g/mol. The van der Waals surface area contributed by atoms with Crippen LogP contribution in [0.3, 0.4) is 0 Å². The highest BCUT2D eigenvalue weighted by molar-refractivity contribution is 5.76. The zero-order valence-electron chi connectivity index (χ0n) is 9.91. The van der Waals surface area contributed by atoms with E-state index in [1.54, 1.807) is 0 Å². The summed E-state index contributed by atoms with van der Waals surface area (Å²) in [6, 6.07) is 6.57. The summed E-state index contributed by atoms with van der Waals surface area (Å²) in [7, 11) is 2.07. The molecule has 0 unspecified atom stereocenters. The Kier molecular flexibility index (Phi) is 2.51. The normalized spacial score (nSPS) is 11.5. The van der Waals surface area contributed by atoms with Crippen molar-refractivity contribution in [1.82, 2.24) is 9.55 Å². The van der Waals surface area contributed by atoms with Crippen molar-refractivity contribution in [2.24, 2.45) is 13.0 Å². The van der Waals surface area contributed by atoms with Crippen molar-refractivity contribution in [2.45, 2.75) is 27.2 Å². The van der Waals surface area contributed by atoms with Gasteiger partial charge in [0.05, 0.1) is 11.0 Å². The lowest BCUT2D eigenvalue weighted by molar-refractivity contribution is 0.647. The van der Waals surface area contributed by atoms with Crippen LogP contribution in [-0.2, 0) is 13.5 Å². The molecular formula is C13H18N2. The standard InChI is InChI=1S/C13H18N2/c1-9(2)7-11-5-6-12-13(8-11)15(4)10(3)14-12/h5-6,8-9H,7H2,1-4H3. The summed E-state index contributed by atoms with van der Waals surface area (Å²) in [6.45, 7) is 6.54. The van der Waals surface area contributed by atoms with Crippen LogP contribution in [0.5, 0.6) is 0 Å². The van der Waals surface area contributed by atoms with E-state index < -0.39 is 0 Å². The molecule has 0 atom stereocenters. The second kappa shape index (κ2) is 3.69. The number of fused-ring (bicyclic) bond motifs is 1. The number of imidazole rings is 1. The lowest BCUT2D eigenvalue weighted by Crippen LogP contribution is -1.95. The van der Waals surface area contributed by atoms with Crippen molar-refractivity contribution in [3.05, 3.63) is 29.6 Å². The van der Waals surface area contributed by atoms with E-state index in [0.29, 0.717) is 5.92 Å². The fraction of sp³-hybridized carbons (Fsp3) is 0.462. The molecule has 15 heavy (non-hydrogen) atoms. The third kappa shape index (κ3) is 1.89. The predicted octanol–water partition coefficient (Wildman–Crippen LogP) is 3.08. The van der Waals surface area contributed by atoms with Gasteiger partial charge in [0, 0.05) is 7.05 Å². The van der Waals surface area contributed by atoms with E-state index in [4.69, 9.17) is 0 Å². The van der Waals surface area contributed by atoms with Crippen molar-refractivity contribution in [3.8, 4) is 0 Å². The van der Waals surface area contributed by atoms with Gasteiger partial charge in [0.1, 0.15) is 5.82 Å². The molecule has 0 aliphatic heterocycles. The number of hydrogen-bond acceptors (Lipinski definition) is 1. The number of aromatic nitrogens is 2. The maximum Gasteiger partial charge on any atom is 0.106 e. The molecule has 0 amide bonds. The van der Waals surface area contributed by atoms with E-state index in [1.165, 1.54) is 11.1 Å². The molecule has 2 aromatic rings. The molecule has 0 bridgehead atoms. The lowest BCUT2D eigenvalue weighted by atomic mass is 10.0. The van der Waals surface area contributed by atoms with Crippen LogP contribution in [0.2, 0.25) is 0 Å². The molecule has 2 heteroatoms. The van der Waals surface area contributed by atoms with Crippen molar-refractivity contribution in [3.63, 3.8) is 0 Å². The van der Waals surface area contributed by atoms with E-state index in [1.807, 2.05) is 6.92 Å². The highest BCUT2D eigenvalue weighted by Crippen LogP contribution is 2.18. The Hall–Kier alpha value is -1.31. The number of aryl methyl sites for hydroxylation is 2. The van der Waals surface area contributed by atoms with Crippen molar-refractivity contribution < 1.29 is 0 Å². The Bertz CT molecular complexity index is 480. The SMILES string of the molecule is Cc1nc2ccc(CC(C)C)cc2n1C. The number of nitrogens with zero attached hydrogens (tertiary/aromatic N) is 2. The largest absolute Gasteiger partial charge is 0.331 e. The summed E-state index contributed by atoms with van der Waals surface area (Å²) in [5, 5.41) is 0. The van der Waals surface area contributed by atoms with Crippen LogP contribution in [0.4, 0.5) is 0 Å². The molecule has 0 saturated carbocycles. The second-order valence-corrected chi connectivity index (χ2v) is 4.64. The van der Waals surface area contributed by atoms with Crippen LogP contribution in [0.25, 0.3) is 11.0 Å². The molecule has 80 valence electrons. The smallest absolute Gasteiger partial charge is 0.106 e. The Balaban J connectivity index is 2.49. The molecule has 0 radical (unpaired) electrons. The average molecular weight is 202 g/mol. The van der Waals surface area contributed by atoms with Crippen LogP contribution in [-0.4, -0.2) is 9.55 Å². The fourth-order valence-electron chi connectivity index (χ4n) is 1.95. The van der Waals surface area contributed by atoms with Gasteiger partial charge in [0.2, 0.25) is 0 Å². The molecule has 0 fully saturated rings. The fourth-order valence-corrected chi connectivity index (χ4v) is 1.95. The first kappa shape index (κ1) is 10.2. The Labute approximate surface area is 90.9 Å². The summed E-state index contributed by atoms with van der Waals surface area (Å²) in [6.07, 6.45) is 1.14. The van der Waals surface area contributed by atoms with Gasteiger partial charge in [0.25, 0.3) is 0 Å². The van der Waals surface area contributed by atoms with E-state index in [-0.39, 0.29) is 0 Å². The summed E-state index contributed by atoms with van der Waals surface area (Å²) in [5.41, 5.74) is 3.74. The van der Waals surface area contributed by atoms with Gasteiger partial charge in [-0.1, -0.05) is 19.9 Å². The average Bonchev–Trinajstić information content (AvgIpc) is 2.43. The molecule has 2 nitrogen and oxygen atoms in total. The quantitative estimate of drug-likeness (QED) is 0.731. The van der Waals surface area contributed by atoms with Crippen LogP contribution in [0, 0.1) is 12.8 Å². The number of hydrogen-bond donors (Lipinski definition) is 0.